The summed E-state index contributed by atoms with van der Waals surface area (Å²) in [5, 5.41) is 0. The molecule has 1 aromatic carbocycles. The van der Waals surface area contributed by atoms with Crippen LogP contribution >= 0.6 is 0 Å². The smallest absolute Gasteiger partial charge is 0.155 e. The molecule has 2 rings (SSSR count). The van der Waals surface area contributed by atoms with Crippen molar-refractivity contribution in [2.75, 3.05) is 0 Å². The largest absolute Gasteiger partial charge is 0.295 e. The molecule has 0 aliphatic heterocycles. The van der Waals surface area contributed by atoms with Crippen LogP contribution in [-0.4, -0.2) is 5.78 Å². The third kappa shape index (κ3) is 1.63. The van der Waals surface area contributed by atoms with E-state index in [2.05, 4.69) is 19.1 Å². The second-order valence-corrected chi connectivity index (χ2v) is 4.08. The van der Waals surface area contributed by atoms with Crippen molar-refractivity contribution in [3.8, 4) is 0 Å². The Morgan fingerprint density at radius 1 is 1.21 bits per heavy atom. The van der Waals surface area contributed by atoms with Gasteiger partial charge in [0.2, 0.25) is 0 Å². The van der Waals surface area contributed by atoms with Gasteiger partial charge in [0.15, 0.2) is 5.78 Å². The Morgan fingerprint density at radius 2 is 1.93 bits per heavy atom. The average molecular weight is 186 g/mol. The van der Waals surface area contributed by atoms with E-state index in [0.717, 1.165) is 6.42 Å². The SMILES string of the molecule is CC1(c2ccccc2)C=CC(=O)CC1. The van der Waals surface area contributed by atoms with Gasteiger partial charge in [0.05, 0.1) is 0 Å². The van der Waals surface area contributed by atoms with Crippen LogP contribution in [0.4, 0.5) is 0 Å². The molecule has 1 aromatic rings. The summed E-state index contributed by atoms with van der Waals surface area (Å²) in [4.78, 5) is 11.1. The molecule has 1 heteroatoms. The Balaban J connectivity index is 2.34. The maximum atomic E-state index is 11.1. The minimum absolute atomic E-state index is 0.0508. The van der Waals surface area contributed by atoms with E-state index in [1.165, 1.54) is 5.56 Å². The number of benzene rings is 1. The third-order valence-electron chi connectivity index (χ3n) is 2.96. The molecule has 0 heterocycles. The fraction of sp³-hybridized carbons (Fsp3) is 0.308. The highest BCUT2D eigenvalue weighted by molar-refractivity contribution is 5.91. The molecule has 0 saturated carbocycles. The molecule has 0 N–H and O–H groups in total. The Morgan fingerprint density at radius 3 is 2.50 bits per heavy atom. The molecule has 0 bridgehead atoms. The highest BCUT2D eigenvalue weighted by Crippen LogP contribution is 2.33. The normalized spacial score (nSPS) is 26.5. The summed E-state index contributed by atoms with van der Waals surface area (Å²) in [5.74, 6) is 0.249. The predicted octanol–water partition coefficient (Wildman–Crippen LogP) is 2.86. The van der Waals surface area contributed by atoms with Gasteiger partial charge in [-0.2, -0.15) is 0 Å². The zero-order chi connectivity index (χ0) is 10.0. The van der Waals surface area contributed by atoms with Crippen molar-refractivity contribution in [3.63, 3.8) is 0 Å². The van der Waals surface area contributed by atoms with Crippen LogP contribution in [0.1, 0.15) is 25.3 Å². The molecule has 0 saturated heterocycles. The lowest BCUT2D eigenvalue weighted by atomic mass is 9.75. The lowest BCUT2D eigenvalue weighted by molar-refractivity contribution is -0.115. The molecule has 1 aliphatic carbocycles. The number of ketones is 1. The van der Waals surface area contributed by atoms with Crippen LogP contribution in [-0.2, 0) is 10.2 Å². The number of rotatable bonds is 1. The van der Waals surface area contributed by atoms with Crippen LogP contribution in [0, 0.1) is 0 Å². The van der Waals surface area contributed by atoms with Crippen molar-refractivity contribution >= 4 is 5.78 Å². The molecule has 72 valence electrons. The Hall–Kier alpha value is -1.37. The first kappa shape index (κ1) is 9.20. The monoisotopic (exact) mass is 186 g/mol. The van der Waals surface area contributed by atoms with Gasteiger partial charge in [-0.15, -0.1) is 0 Å². The van der Waals surface area contributed by atoms with E-state index in [9.17, 15) is 4.79 Å². The fourth-order valence-electron chi connectivity index (χ4n) is 1.89. The molecule has 0 aromatic heterocycles. The predicted molar refractivity (Wildman–Crippen MR) is 57.2 cm³/mol. The first-order chi connectivity index (χ1) is 6.71. The van der Waals surface area contributed by atoms with Gasteiger partial charge in [0.25, 0.3) is 0 Å². The van der Waals surface area contributed by atoms with Gasteiger partial charge in [-0.1, -0.05) is 43.3 Å². The highest BCUT2D eigenvalue weighted by Gasteiger charge is 2.26. The Labute approximate surface area is 84.5 Å². The minimum atomic E-state index is 0.0508. The van der Waals surface area contributed by atoms with E-state index in [0.29, 0.717) is 6.42 Å². The van der Waals surface area contributed by atoms with E-state index >= 15 is 0 Å². The summed E-state index contributed by atoms with van der Waals surface area (Å²) < 4.78 is 0. The zero-order valence-electron chi connectivity index (χ0n) is 8.36. The topological polar surface area (TPSA) is 17.1 Å². The molecule has 1 unspecified atom stereocenters. The van der Waals surface area contributed by atoms with Crippen LogP contribution in [0.2, 0.25) is 0 Å². The Kier molecular flexibility index (Phi) is 2.24. The van der Waals surface area contributed by atoms with Crippen LogP contribution in [0.25, 0.3) is 0 Å². The second kappa shape index (κ2) is 3.41. The summed E-state index contributed by atoms with van der Waals surface area (Å²) >= 11 is 0. The maximum absolute atomic E-state index is 11.1. The van der Waals surface area contributed by atoms with E-state index in [1.807, 2.05) is 24.3 Å². The lowest BCUT2D eigenvalue weighted by Crippen LogP contribution is -2.23. The van der Waals surface area contributed by atoms with Gasteiger partial charge < -0.3 is 0 Å². The van der Waals surface area contributed by atoms with Crippen molar-refractivity contribution in [1.82, 2.24) is 0 Å². The summed E-state index contributed by atoms with van der Waals surface area (Å²) in [7, 11) is 0. The molecule has 1 aliphatic rings. The minimum Gasteiger partial charge on any atom is -0.295 e. The zero-order valence-corrected chi connectivity index (χ0v) is 8.36. The second-order valence-electron chi connectivity index (χ2n) is 4.08. The van der Waals surface area contributed by atoms with E-state index in [-0.39, 0.29) is 11.2 Å². The molecule has 0 spiro atoms. The van der Waals surface area contributed by atoms with Gasteiger partial charge in [-0.3, -0.25) is 4.79 Å². The first-order valence-corrected chi connectivity index (χ1v) is 4.98. The summed E-state index contributed by atoms with van der Waals surface area (Å²) in [6, 6.07) is 10.4. The number of carbonyl (C=O) groups is 1. The van der Waals surface area contributed by atoms with Gasteiger partial charge in [0, 0.05) is 11.8 Å². The summed E-state index contributed by atoms with van der Waals surface area (Å²) in [6.07, 6.45) is 5.35. The molecule has 14 heavy (non-hydrogen) atoms. The summed E-state index contributed by atoms with van der Waals surface area (Å²) in [5.41, 5.74) is 1.35. The highest BCUT2D eigenvalue weighted by atomic mass is 16.1. The molecular formula is C13H14O. The van der Waals surface area contributed by atoms with Crippen LogP contribution in [0.3, 0.4) is 0 Å². The van der Waals surface area contributed by atoms with Crippen LogP contribution in [0.5, 0.6) is 0 Å². The number of hydrogen-bond acceptors (Lipinski definition) is 1. The Bertz CT molecular complexity index is 364. The van der Waals surface area contributed by atoms with Crippen LogP contribution < -0.4 is 0 Å². The molecule has 0 amide bonds. The lowest BCUT2D eigenvalue weighted by Gasteiger charge is -2.28. The summed E-state index contributed by atoms with van der Waals surface area (Å²) in [6.45, 7) is 2.19. The average Bonchev–Trinajstić information content (AvgIpc) is 2.24. The van der Waals surface area contributed by atoms with Gasteiger partial charge in [0.1, 0.15) is 0 Å². The molecule has 1 nitrogen and oxygen atoms in total. The standard InChI is InChI=1S/C13H14O/c1-13(9-7-12(14)8-10-13)11-5-3-2-4-6-11/h2-7,9H,8,10H2,1H3. The van der Waals surface area contributed by atoms with Gasteiger partial charge >= 0.3 is 0 Å². The third-order valence-corrected chi connectivity index (χ3v) is 2.96. The van der Waals surface area contributed by atoms with E-state index in [1.54, 1.807) is 6.08 Å². The van der Waals surface area contributed by atoms with E-state index in [4.69, 9.17) is 0 Å². The van der Waals surface area contributed by atoms with Crippen molar-refractivity contribution in [2.45, 2.75) is 25.2 Å². The molecule has 0 fully saturated rings. The quantitative estimate of drug-likeness (QED) is 0.659. The van der Waals surface area contributed by atoms with Crippen molar-refractivity contribution < 1.29 is 4.79 Å². The molecule has 1 atom stereocenters. The first-order valence-electron chi connectivity index (χ1n) is 4.98. The number of allylic oxidation sites excluding steroid dienone is 2. The molecular weight excluding hydrogens is 172 g/mol. The molecule has 0 radical (unpaired) electrons. The number of carbonyl (C=O) groups excluding carboxylic acids is 1. The van der Waals surface area contributed by atoms with Crippen molar-refractivity contribution in [2.24, 2.45) is 0 Å². The van der Waals surface area contributed by atoms with Crippen molar-refractivity contribution in [1.29, 1.82) is 0 Å². The van der Waals surface area contributed by atoms with Gasteiger partial charge in [-0.05, 0) is 18.1 Å². The maximum Gasteiger partial charge on any atom is 0.155 e. The van der Waals surface area contributed by atoms with Gasteiger partial charge in [-0.25, -0.2) is 0 Å². The van der Waals surface area contributed by atoms with Crippen molar-refractivity contribution in [3.05, 3.63) is 48.0 Å². The number of hydrogen-bond donors (Lipinski definition) is 0. The fourth-order valence-corrected chi connectivity index (χ4v) is 1.89. The van der Waals surface area contributed by atoms with E-state index < -0.39 is 0 Å². The van der Waals surface area contributed by atoms with Crippen LogP contribution in [0.15, 0.2) is 42.5 Å².